The normalized spacial score (nSPS) is 18.8. The Labute approximate surface area is 161 Å². The maximum Gasteiger partial charge on any atom is 0.260 e. The molecule has 1 saturated heterocycles. The van der Waals surface area contributed by atoms with Crippen LogP contribution in [0.3, 0.4) is 0 Å². The number of aliphatic imine (C=N–C) groups is 1. The van der Waals surface area contributed by atoms with Gasteiger partial charge in [-0.25, -0.2) is 9.98 Å². The SMILES string of the molecule is CCC1CSC(=Nc2ccc(C)cc2)N1C(=O)c1ccc2ncsc2c1. The van der Waals surface area contributed by atoms with E-state index in [4.69, 9.17) is 4.99 Å². The molecule has 4 nitrogen and oxygen atoms in total. The molecule has 2 heterocycles. The number of fused-ring (bicyclic) bond motifs is 1. The third kappa shape index (κ3) is 3.27. The summed E-state index contributed by atoms with van der Waals surface area (Å²) < 4.78 is 1.03. The molecule has 0 aliphatic carbocycles. The van der Waals surface area contributed by atoms with E-state index in [-0.39, 0.29) is 11.9 Å². The molecule has 1 aliphatic rings. The third-order valence-electron chi connectivity index (χ3n) is 4.50. The van der Waals surface area contributed by atoms with Gasteiger partial charge in [-0.2, -0.15) is 0 Å². The Morgan fingerprint density at radius 2 is 2.08 bits per heavy atom. The number of benzene rings is 2. The number of carbonyl (C=O) groups is 1. The number of amidine groups is 1. The van der Waals surface area contributed by atoms with E-state index >= 15 is 0 Å². The average molecular weight is 382 g/mol. The highest BCUT2D eigenvalue weighted by molar-refractivity contribution is 8.14. The fourth-order valence-corrected chi connectivity index (χ4v) is 4.95. The van der Waals surface area contributed by atoms with Crippen LogP contribution in [0.4, 0.5) is 5.69 Å². The zero-order valence-electron chi connectivity index (χ0n) is 14.7. The zero-order chi connectivity index (χ0) is 18.1. The molecule has 132 valence electrons. The minimum atomic E-state index is 0.0167. The minimum absolute atomic E-state index is 0.0167. The summed E-state index contributed by atoms with van der Waals surface area (Å²) in [7, 11) is 0. The maximum atomic E-state index is 13.3. The Morgan fingerprint density at radius 3 is 2.85 bits per heavy atom. The highest BCUT2D eigenvalue weighted by atomic mass is 32.2. The Hall–Kier alpha value is -2.18. The standard InChI is InChI=1S/C20H19N3OS2/c1-3-16-11-25-20(22-15-7-4-13(2)5-8-15)23(16)19(24)14-6-9-17-18(10-14)26-12-21-17/h4-10,12,16H,3,11H2,1-2H3. The maximum absolute atomic E-state index is 13.3. The number of nitrogens with zero attached hydrogens (tertiary/aromatic N) is 3. The van der Waals surface area contributed by atoms with Crippen molar-refractivity contribution in [3.8, 4) is 0 Å². The van der Waals surface area contributed by atoms with Crippen LogP contribution in [-0.4, -0.2) is 32.8 Å². The lowest BCUT2D eigenvalue weighted by Gasteiger charge is -2.23. The number of amides is 1. The van der Waals surface area contributed by atoms with Gasteiger partial charge in [0.2, 0.25) is 0 Å². The molecule has 0 N–H and O–H groups in total. The van der Waals surface area contributed by atoms with Crippen LogP contribution in [0.15, 0.2) is 53.0 Å². The van der Waals surface area contributed by atoms with Crippen molar-refractivity contribution in [2.24, 2.45) is 4.99 Å². The molecule has 1 aliphatic heterocycles. The molecule has 1 fully saturated rings. The van der Waals surface area contributed by atoms with Crippen LogP contribution >= 0.6 is 23.1 Å². The molecule has 0 radical (unpaired) electrons. The molecule has 1 amide bonds. The molecule has 1 atom stereocenters. The van der Waals surface area contributed by atoms with Crippen molar-refractivity contribution in [3.05, 3.63) is 59.1 Å². The summed E-state index contributed by atoms with van der Waals surface area (Å²) >= 11 is 3.21. The summed E-state index contributed by atoms with van der Waals surface area (Å²) in [4.78, 5) is 24.2. The molecule has 3 aromatic rings. The Morgan fingerprint density at radius 1 is 1.27 bits per heavy atom. The van der Waals surface area contributed by atoms with Gasteiger partial charge in [0.1, 0.15) is 0 Å². The van der Waals surface area contributed by atoms with E-state index < -0.39 is 0 Å². The summed E-state index contributed by atoms with van der Waals surface area (Å²) in [6.45, 7) is 4.17. The quantitative estimate of drug-likeness (QED) is 0.622. The van der Waals surface area contributed by atoms with E-state index in [0.717, 1.165) is 33.2 Å². The van der Waals surface area contributed by atoms with Crippen molar-refractivity contribution in [1.82, 2.24) is 9.88 Å². The summed E-state index contributed by atoms with van der Waals surface area (Å²) in [6, 6.07) is 14.0. The molecule has 2 aromatic carbocycles. The van der Waals surface area contributed by atoms with Gasteiger partial charge in [-0.3, -0.25) is 9.69 Å². The van der Waals surface area contributed by atoms with Crippen LogP contribution in [0, 0.1) is 6.92 Å². The lowest BCUT2D eigenvalue weighted by atomic mass is 10.1. The Bertz CT molecular complexity index is 978. The monoisotopic (exact) mass is 381 g/mol. The molecule has 1 aromatic heterocycles. The number of hydrogen-bond acceptors (Lipinski definition) is 5. The van der Waals surface area contributed by atoms with Crippen molar-refractivity contribution >= 4 is 50.1 Å². The number of thiazole rings is 1. The highest BCUT2D eigenvalue weighted by Crippen LogP contribution is 2.31. The fraction of sp³-hybridized carbons (Fsp3) is 0.250. The first-order chi connectivity index (χ1) is 12.7. The number of aromatic nitrogens is 1. The predicted octanol–water partition coefficient (Wildman–Crippen LogP) is 5.26. The number of thioether (sulfide) groups is 1. The van der Waals surface area contributed by atoms with Crippen molar-refractivity contribution in [2.45, 2.75) is 26.3 Å². The molecule has 0 bridgehead atoms. The van der Waals surface area contributed by atoms with Crippen molar-refractivity contribution in [2.75, 3.05) is 5.75 Å². The van der Waals surface area contributed by atoms with Gasteiger partial charge >= 0.3 is 0 Å². The van der Waals surface area contributed by atoms with Gasteiger partial charge in [-0.1, -0.05) is 36.4 Å². The predicted molar refractivity (Wildman–Crippen MR) is 111 cm³/mol. The zero-order valence-corrected chi connectivity index (χ0v) is 16.3. The number of carbonyl (C=O) groups excluding carboxylic acids is 1. The lowest BCUT2D eigenvalue weighted by Crippen LogP contribution is -2.39. The average Bonchev–Trinajstić information content (AvgIpc) is 3.28. The van der Waals surface area contributed by atoms with Crippen LogP contribution in [0.1, 0.15) is 29.3 Å². The number of hydrogen-bond donors (Lipinski definition) is 0. The lowest BCUT2D eigenvalue weighted by molar-refractivity contribution is 0.0819. The second-order valence-corrected chi connectivity index (χ2v) is 8.19. The van der Waals surface area contributed by atoms with Crippen LogP contribution < -0.4 is 0 Å². The number of aryl methyl sites for hydroxylation is 1. The third-order valence-corrected chi connectivity index (χ3v) is 6.39. The Kier molecular flexibility index (Phi) is 4.78. The van der Waals surface area contributed by atoms with Gasteiger partial charge < -0.3 is 0 Å². The second kappa shape index (κ2) is 7.21. The van der Waals surface area contributed by atoms with Gasteiger partial charge in [-0.05, 0) is 43.7 Å². The van der Waals surface area contributed by atoms with Gasteiger partial charge in [-0.15, -0.1) is 11.3 Å². The molecule has 0 spiro atoms. The largest absolute Gasteiger partial charge is 0.283 e. The van der Waals surface area contributed by atoms with Crippen LogP contribution in [0.25, 0.3) is 10.2 Å². The van der Waals surface area contributed by atoms with Gasteiger partial charge in [0.05, 0.1) is 21.4 Å². The topological polar surface area (TPSA) is 45.6 Å². The molecule has 0 saturated carbocycles. The van der Waals surface area contributed by atoms with Gasteiger partial charge in [0, 0.05) is 17.4 Å². The fourth-order valence-electron chi connectivity index (χ4n) is 2.97. The highest BCUT2D eigenvalue weighted by Gasteiger charge is 2.34. The first-order valence-electron chi connectivity index (χ1n) is 8.60. The summed E-state index contributed by atoms with van der Waals surface area (Å²) in [5.74, 6) is 0.901. The van der Waals surface area contributed by atoms with E-state index in [2.05, 4.69) is 18.8 Å². The van der Waals surface area contributed by atoms with E-state index in [9.17, 15) is 4.79 Å². The van der Waals surface area contributed by atoms with Crippen molar-refractivity contribution in [3.63, 3.8) is 0 Å². The smallest absolute Gasteiger partial charge is 0.260 e. The van der Waals surface area contributed by atoms with E-state index in [0.29, 0.717) is 5.56 Å². The van der Waals surface area contributed by atoms with Crippen LogP contribution in [0.5, 0.6) is 0 Å². The minimum Gasteiger partial charge on any atom is -0.283 e. The number of rotatable bonds is 3. The van der Waals surface area contributed by atoms with E-state index in [1.807, 2.05) is 52.9 Å². The summed E-state index contributed by atoms with van der Waals surface area (Å²) in [6.07, 6.45) is 0.911. The summed E-state index contributed by atoms with van der Waals surface area (Å²) in [5, 5.41) is 0.787. The first-order valence-corrected chi connectivity index (χ1v) is 10.5. The van der Waals surface area contributed by atoms with Crippen molar-refractivity contribution < 1.29 is 4.79 Å². The van der Waals surface area contributed by atoms with E-state index in [1.54, 1.807) is 23.1 Å². The molecule has 6 heteroatoms. The van der Waals surface area contributed by atoms with Gasteiger partial charge in [0.25, 0.3) is 5.91 Å². The molecular weight excluding hydrogens is 362 g/mol. The second-order valence-electron chi connectivity index (χ2n) is 6.31. The molecule has 26 heavy (non-hydrogen) atoms. The van der Waals surface area contributed by atoms with Crippen LogP contribution in [0.2, 0.25) is 0 Å². The molecule has 4 rings (SSSR count). The van der Waals surface area contributed by atoms with E-state index in [1.165, 1.54) is 5.56 Å². The molecular formula is C20H19N3OS2. The Balaban J connectivity index is 1.69. The summed E-state index contributed by atoms with van der Waals surface area (Å²) in [5.41, 5.74) is 5.52. The molecule has 1 unspecified atom stereocenters. The van der Waals surface area contributed by atoms with Gasteiger partial charge in [0.15, 0.2) is 5.17 Å². The van der Waals surface area contributed by atoms with Crippen molar-refractivity contribution in [1.29, 1.82) is 0 Å². The first kappa shape index (κ1) is 17.2. The van der Waals surface area contributed by atoms with Crippen LogP contribution in [-0.2, 0) is 0 Å².